The van der Waals surface area contributed by atoms with Gasteiger partial charge in [0, 0.05) is 18.5 Å². The number of thiazole rings is 1. The first-order valence-corrected chi connectivity index (χ1v) is 11.3. The summed E-state index contributed by atoms with van der Waals surface area (Å²) in [7, 11) is 1.80. The van der Waals surface area contributed by atoms with E-state index in [9.17, 15) is 13.2 Å². The van der Waals surface area contributed by atoms with Crippen LogP contribution in [-0.2, 0) is 19.8 Å². The quantitative estimate of drug-likeness (QED) is 0.289. The fourth-order valence-corrected chi connectivity index (χ4v) is 4.50. The summed E-state index contributed by atoms with van der Waals surface area (Å²) in [5, 5.41) is 12.4. The molecule has 4 rings (SSSR count). The molecular weight excluding hydrogens is 463 g/mol. The molecule has 0 N–H and O–H groups in total. The Morgan fingerprint density at radius 1 is 1.12 bits per heavy atom. The summed E-state index contributed by atoms with van der Waals surface area (Å²) >= 11 is 1.41. The molecule has 0 radical (unpaired) electrons. The summed E-state index contributed by atoms with van der Waals surface area (Å²) in [6, 6.07) is 12.8. The molecular formula is C24H22F3N5OS. The first kappa shape index (κ1) is 23.6. The average Bonchev–Trinajstić information content (AvgIpc) is 3.41. The number of rotatable bonds is 8. The number of nitrogens with zero attached hydrogens (tertiary/aromatic N) is 5. The van der Waals surface area contributed by atoms with Gasteiger partial charge in [0.2, 0.25) is 0 Å². The molecule has 2 aromatic carbocycles. The molecule has 1 atom stereocenters. The van der Waals surface area contributed by atoms with Gasteiger partial charge in [0.05, 0.1) is 16.1 Å². The molecule has 10 heteroatoms. The molecule has 34 heavy (non-hydrogen) atoms. The van der Waals surface area contributed by atoms with Crippen LogP contribution >= 0.6 is 11.3 Å². The molecule has 0 saturated carbocycles. The van der Waals surface area contributed by atoms with Crippen molar-refractivity contribution in [2.45, 2.75) is 32.0 Å². The highest BCUT2D eigenvalue weighted by atomic mass is 32.1. The number of aromatic nitrogens is 5. The number of tetrazole rings is 1. The van der Waals surface area contributed by atoms with Crippen molar-refractivity contribution in [2.24, 2.45) is 7.05 Å². The molecule has 0 unspecified atom stereocenters. The number of allylic oxidation sites excluding steroid dienone is 1. The number of ether oxygens (including phenoxy) is 1. The second-order valence-corrected chi connectivity index (χ2v) is 8.78. The SMILES string of the molecule is C=CC[C@@H](c1ccc(OCc2sc(-c3ccc(C(F)(F)F)cc3)nc2C)cc1)c1nnnn1C. The van der Waals surface area contributed by atoms with Crippen molar-refractivity contribution in [1.29, 1.82) is 0 Å². The highest BCUT2D eigenvalue weighted by Crippen LogP contribution is 2.33. The zero-order chi connectivity index (χ0) is 24.3. The molecule has 0 aliphatic heterocycles. The summed E-state index contributed by atoms with van der Waals surface area (Å²) in [5.41, 5.74) is 1.80. The van der Waals surface area contributed by atoms with E-state index in [2.05, 4.69) is 27.1 Å². The minimum Gasteiger partial charge on any atom is -0.488 e. The van der Waals surface area contributed by atoms with Crippen LogP contribution in [0.5, 0.6) is 5.75 Å². The van der Waals surface area contributed by atoms with Crippen LogP contribution in [-0.4, -0.2) is 25.2 Å². The van der Waals surface area contributed by atoms with Gasteiger partial charge in [-0.05, 0) is 53.6 Å². The Labute approximate surface area is 198 Å². The van der Waals surface area contributed by atoms with Crippen LogP contribution in [0, 0.1) is 6.92 Å². The molecule has 0 spiro atoms. The van der Waals surface area contributed by atoms with E-state index in [1.165, 1.54) is 23.5 Å². The first-order valence-electron chi connectivity index (χ1n) is 10.5. The van der Waals surface area contributed by atoms with Gasteiger partial charge in [0.25, 0.3) is 0 Å². The van der Waals surface area contributed by atoms with Gasteiger partial charge in [-0.2, -0.15) is 13.2 Å². The van der Waals surface area contributed by atoms with Gasteiger partial charge in [-0.3, -0.25) is 0 Å². The maximum absolute atomic E-state index is 12.8. The molecule has 4 aromatic rings. The molecule has 2 aromatic heterocycles. The van der Waals surface area contributed by atoms with Crippen molar-refractivity contribution < 1.29 is 17.9 Å². The summed E-state index contributed by atoms with van der Waals surface area (Å²) < 4.78 is 46.0. The third-order valence-corrected chi connectivity index (χ3v) is 6.55. The van der Waals surface area contributed by atoms with Crippen molar-refractivity contribution in [2.75, 3.05) is 0 Å². The minimum atomic E-state index is -4.36. The van der Waals surface area contributed by atoms with Gasteiger partial charge < -0.3 is 4.74 Å². The van der Waals surface area contributed by atoms with E-state index in [4.69, 9.17) is 4.74 Å². The maximum atomic E-state index is 12.8. The van der Waals surface area contributed by atoms with E-state index in [0.717, 1.165) is 34.1 Å². The van der Waals surface area contributed by atoms with Gasteiger partial charge in [-0.15, -0.1) is 23.0 Å². The van der Waals surface area contributed by atoms with Gasteiger partial charge in [0.15, 0.2) is 5.82 Å². The summed E-state index contributed by atoms with van der Waals surface area (Å²) in [6.07, 6.45) is -1.82. The van der Waals surface area contributed by atoms with Crippen molar-refractivity contribution in [3.8, 4) is 16.3 Å². The average molecular weight is 486 g/mol. The zero-order valence-electron chi connectivity index (χ0n) is 18.6. The second-order valence-electron chi connectivity index (χ2n) is 7.70. The molecule has 0 saturated heterocycles. The lowest BCUT2D eigenvalue weighted by molar-refractivity contribution is -0.137. The topological polar surface area (TPSA) is 65.7 Å². The molecule has 6 nitrogen and oxygen atoms in total. The minimum absolute atomic E-state index is 0.0124. The Hall–Kier alpha value is -3.53. The summed E-state index contributed by atoms with van der Waals surface area (Å²) in [6.45, 7) is 6.01. The first-order chi connectivity index (χ1) is 16.3. The van der Waals surface area contributed by atoms with Crippen molar-refractivity contribution >= 4 is 11.3 Å². The highest BCUT2D eigenvalue weighted by Gasteiger charge is 2.30. The van der Waals surface area contributed by atoms with Crippen molar-refractivity contribution in [1.82, 2.24) is 25.2 Å². The van der Waals surface area contributed by atoms with Crippen LogP contribution in [0.2, 0.25) is 0 Å². The second kappa shape index (κ2) is 9.76. The number of aryl methyl sites for hydroxylation is 2. The predicted octanol–water partition coefficient (Wildman–Crippen LogP) is 5.95. The molecule has 2 heterocycles. The lowest BCUT2D eigenvalue weighted by Crippen LogP contribution is -2.08. The lowest BCUT2D eigenvalue weighted by Gasteiger charge is -2.14. The number of benzene rings is 2. The number of hydrogen-bond donors (Lipinski definition) is 0. The monoisotopic (exact) mass is 485 g/mol. The van der Waals surface area contributed by atoms with E-state index in [-0.39, 0.29) is 5.92 Å². The van der Waals surface area contributed by atoms with Crippen molar-refractivity contribution in [3.63, 3.8) is 0 Å². The molecule has 0 bridgehead atoms. The fourth-order valence-electron chi connectivity index (χ4n) is 3.52. The third kappa shape index (κ3) is 5.17. The molecule has 176 valence electrons. The van der Waals surface area contributed by atoms with Gasteiger partial charge in [-0.1, -0.05) is 30.3 Å². The Bertz CT molecular complexity index is 1260. The molecule has 0 aliphatic carbocycles. The van der Waals surface area contributed by atoms with Crippen LogP contribution in [0.25, 0.3) is 10.6 Å². The van der Waals surface area contributed by atoms with Crippen molar-refractivity contribution in [3.05, 3.63) is 88.7 Å². The third-order valence-electron chi connectivity index (χ3n) is 5.37. The fraction of sp³-hybridized carbons (Fsp3) is 0.250. The van der Waals surface area contributed by atoms with E-state index in [0.29, 0.717) is 29.3 Å². The van der Waals surface area contributed by atoms with Crippen LogP contribution in [0.4, 0.5) is 13.2 Å². The normalized spacial score (nSPS) is 12.5. The Balaban J connectivity index is 1.44. The Morgan fingerprint density at radius 2 is 1.82 bits per heavy atom. The predicted molar refractivity (Wildman–Crippen MR) is 124 cm³/mol. The van der Waals surface area contributed by atoms with E-state index >= 15 is 0 Å². The zero-order valence-corrected chi connectivity index (χ0v) is 19.4. The van der Waals surface area contributed by atoms with E-state index < -0.39 is 11.7 Å². The molecule has 0 amide bonds. The Kier molecular flexibility index (Phi) is 6.78. The van der Waals surface area contributed by atoms with Gasteiger partial charge >= 0.3 is 6.18 Å². The maximum Gasteiger partial charge on any atom is 0.416 e. The van der Waals surface area contributed by atoms with Crippen LogP contribution in [0.1, 0.15) is 39.9 Å². The van der Waals surface area contributed by atoms with E-state index in [1.54, 1.807) is 11.7 Å². The van der Waals surface area contributed by atoms with E-state index in [1.807, 2.05) is 37.3 Å². The number of alkyl halides is 3. The van der Waals surface area contributed by atoms with Crippen LogP contribution < -0.4 is 4.74 Å². The number of halogens is 3. The van der Waals surface area contributed by atoms with Crippen LogP contribution in [0.15, 0.2) is 61.2 Å². The smallest absolute Gasteiger partial charge is 0.416 e. The summed E-state index contributed by atoms with van der Waals surface area (Å²) in [4.78, 5) is 5.42. The van der Waals surface area contributed by atoms with Crippen LogP contribution in [0.3, 0.4) is 0 Å². The largest absolute Gasteiger partial charge is 0.488 e. The van der Waals surface area contributed by atoms with Gasteiger partial charge in [-0.25, -0.2) is 9.67 Å². The number of hydrogen-bond acceptors (Lipinski definition) is 6. The Morgan fingerprint density at radius 3 is 2.41 bits per heavy atom. The standard InChI is InChI=1S/C24H22F3N5OS/c1-4-5-20(22-29-30-31-32(22)3)16-8-12-19(13-9-16)33-14-21-15(2)28-23(34-21)17-6-10-18(11-7-17)24(25,26)27/h4,6-13,20H,1,5,14H2,2-3H3/t20-/m0/s1. The van der Waals surface area contributed by atoms with Gasteiger partial charge in [0.1, 0.15) is 17.4 Å². The molecule has 0 fully saturated rings. The molecule has 0 aliphatic rings. The summed E-state index contributed by atoms with van der Waals surface area (Å²) in [5.74, 6) is 1.44. The highest BCUT2D eigenvalue weighted by molar-refractivity contribution is 7.15. The lowest BCUT2D eigenvalue weighted by atomic mass is 9.95.